The number of carbonyl (C=O) groups excluding carboxylic acids is 2. The Morgan fingerprint density at radius 2 is 1.59 bits per heavy atom. The molecule has 1 aliphatic heterocycles. The van der Waals surface area contributed by atoms with E-state index < -0.39 is 17.7 Å². The molecular weight excluding hydrogens is 509 g/mol. The van der Waals surface area contributed by atoms with E-state index in [-0.39, 0.29) is 21.8 Å². The van der Waals surface area contributed by atoms with E-state index in [0.717, 1.165) is 22.4 Å². The lowest BCUT2D eigenvalue weighted by Crippen LogP contribution is -2.31. The van der Waals surface area contributed by atoms with Crippen LogP contribution in [0.2, 0.25) is 10.0 Å². The minimum absolute atomic E-state index is 0.0293. The zero-order valence-corrected chi connectivity index (χ0v) is 22.7. The van der Waals surface area contributed by atoms with Crippen molar-refractivity contribution in [2.45, 2.75) is 38.6 Å². The summed E-state index contributed by atoms with van der Waals surface area (Å²) in [6, 6.07) is 19.3. The zero-order valence-electron chi connectivity index (χ0n) is 21.2. The van der Waals surface area contributed by atoms with E-state index in [4.69, 9.17) is 27.9 Å². The third kappa shape index (κ3) is 5.53. The molecule has 192 valence electrons. The van der Waals surface area contributed by atoms with Gasteiger partial charge in [-0.1, -0.05) is 80.4 Å². The van der Waals surface area contributed by atoms with Crippen molar-refractivity contribution in [2.24, 2.45) is 0 Å². The Balaban J connectivity index is 1.77. The molecule has 37 heavy (non-hydrogen) atoms. The number of benzene rings is 3. The maximum Gasteiger partial charge on any atom is 0.295 e. The summed E-state index contributed by atoms with van der Waals surface area (Å²) in [5.41, 5.74) is 3.14. The molecule has 4 rings (SSSR count). The van der Waals surface area contributed by atoms with Gasteiger partial charge in [0.2, 0.25) is 0 Å². The van der Waals surface area contributed by atoms with Crippen LogP contribution in [0.1, 0.15) is 49.1 Å². The maximum absolute atomic E-state index is 13.3. The number of ketones is 1. The molecule has 1 aliphatic rings. The van der Waals surface area contributed by atoms with Crippen LogP contribution >= 0.6 is 23.2 Å². The lowest BCUT2D eigenvalue weighted by atomic mass is 9.85. The van der Waals surface area contributed by atoms with Gasteiger partial charge in [0.05, 0.1) is 28.8 Å². The Morgan fingerprint density at radius 1 is 0.946 bits per heavy atom. The molecule has 3 aromatic carbocycles. The van der Waals surface area contributed by atoms with Crippen LogP contribution in [0, 0.1) is 0 Å². The quantitative estimate of drug-likeness (QED) is 0.209. The van der Waals surface area contributed by atoms with Gasteiger partial charge in [0, 0.05) is 12.1 Å². The molecule has 1 unspecified atom stereocenters. The minimum atomic E-state index is -0.748. The van der Waals surface area contributed by atoms with Gasteiger partial charge in [0.1, 0.15) is 11.5 Å². The first-order chi connectivity index (χ1) is 17.5. The molecular formula is C30H29Cl2NO4. The number of ether oxygens (including phenoxy) is 1. The van der Waals surface area contributed by atoms with Crippen molar-refractivity contribution in [3.8, 4) is 5.75 Å². The van der Waals surface area contributed by atoms with Crippen molar-refractivity contribution in [3.63, 3.8) is 0 Å². The lowest BCUT2D eigenvalue weighted by molar-refractivity contribution is -0.139. The Morgan fingerprint density at radius 3 is 2.16 bits per heavy atom. The summed E-state index contributed by atoms with van der Waals surface area (Å²) < 4.78 is 5.22. The molecule has 0 radical (unpaired) electrons. The predicted molar refractivity (Wildman–Crippen MR) is 147 cm³/mol. The summed E-state index contributed by atoms with van der Waals surface area (Å²) in [5.74, 6) is -0.929. The second-order valence-electron chi connectivity index (χ2n) is 10.1. The molecule has 3 aromatic rings. The van der Waals surface area contributed by atoms with Gasteiger partial charge in [-0.3, -0.25) is 9.59 Å². The lowest BCUT2D eigenvalue weighted by Gasteiger charge is -2.26. The van der Waals surface area contributed by atoms with Gasteiger partial charge >= 0.3 is 0 Å². The number of Topliss-reactive ketones (excluding diaryl/α,β-unsaturated/α-hetero) is 1. The van der Waals surface area contributed by atoms with E-state index in [1.807, 2.05) is 48.5 Å². The number of carbonyl (C=O) groups is 2. The highest BCUT2D eigenvalue weighted by atomic mass is 35.5. The van der Waals surface area contributed by atoms with Gasteiger partial charge in [0.25, 0.3) is 11.7 Å². The van der Waals surface area contributed by atoms with E-state index in [1.54, 1.807) is 19.2 Å². The number of rotatable bonds is 6. The monoisotopic (exact) mass is 537 g/mol. The Labute approximate surface area is 227 Å². The molecule has 1 atom stereocenters. The van der Waals surface area contributed by atoms with E-state index in [0.29, 0.717) is 23.6 Å². The van der Waals surface area contributed by atoms with Gasteiger partial charge in [0.15, 0.2) is 0 Å². The number of amides is 1. The molecule has 0 spiro atoms. The van der Waals surface area contributed by atoms with Crippen LogP contribution < -0.4 is 4.74 Å². The van der Waals surface area contributed by atoms with E-state index in [2.05, 4.69) is 20.8 Å². The van der Waals surface area contributed by atoms with Crippen LogP contribution in [0.5, 0.6) is 5.75 Å². The third-order valence-corrected chi connectivity index (χ3v) is 7.36. The average Bonchev–Trinajstić information content (AvgIpc) is 3.13. The van der Waals surface area contributed by atoms with Crippen molar-refractivity contribution in [1.82, 2.24) is 4.90 Å². The number of aliphatic hydroxyl groups excluding tert-OH is 1. The highest BCUT2D eigenvalue weighted by Gasteiger charge is 2.45. The summed E-state index contributed by atoms with van der Waals surface area (Å²) in [4.78, 5) is 28.1. The molecule has 0 saturated carbocycles. The number of hydrogen-bond donors (Lipinski definition) is 1. The summed E-state index contributed by atoms with van der Waals surface area (Å²) >= 11 is 12.2. The van der Waals surface area contributed by atoms with Crippen molar-refractivity contribution >= 4 is 40.7 Å². The first kappa shape index (κ1) is 26.8. The number of likely N-dealkylation sites (tertiary alicyclic amines) is 1. The van der Waals surface area contributed by atoms with E-state index in [1.165, 1.54) is 11.0 Å². The number of halogens is 2. The Hall–Kier alpha value is -3.28. The SMILES string of the molecule is COc1ccc(CCN2C(=O)C(=O)/C(=C(\O)c3ccc(Cl)c(Cl)c3)C2c2ccc(C(C)(C)C)cc2)cc1. The van der Waals surface area contributed by atoms with Crippen molar-refractivity contribution in [3.05, 3.63) is 105 Å². The fourth-order valence-corrected chi connectivity index (χ4v) is 4.76. The van der Waals surface area contributed by atoms with Crippen LogP contribution in [0.3, 0.4) is 0 Å². The van der Waals surface area contributed by atoms with Crippen LogP contribution in [0.25, 0.3) is 5.76 Å². The number of nitrogens with zero attached hydrogens (tertiary/aromatic N) is 1. The molecule has 1 amide bonds. The molecule has 1 N–H and O–H groups in total. The molecule has 0 bridgehead atoms. The average molecular weight is 538 g/mol. The molecule has 7 heteroatoms. The van der Waals surface area contributed by atoms with Gasteiger partial charge in [-0.2, -0.15) is 0 Å². The summed E-state index contributed by atoms with van der Waals surface area (Å²) in [5, 5.41) is 11.8. The normalized spacial score (nSPS) is 17.4. The summed E-state index contributed by atoms with van der Waals surface area (Å²) in [7, 11) is 1.60. The molecule has 1 heterocycles. The van der Waals surface area contributed by atoms with Gasteiger partial charge in [-0.15, -0.1) is 0 Å². The fourth-order valence-electron chi connectivity index (χ4n) is 4.46. The number of aliphatic hydroxyl groups is 1. The minimum Gasteiger partial charge on any atom is -0.507 e. The maximum atomic E-state index is 13.3. The van der Waals surface area contributed by atoms with Crippen LogP contribution in [0.15, 0.2) is 72.3 Å². The van der Waals surface area contributed by atoms with Crippen LogP contribution in [-0.2, 0) is 21.4 Å². The smallest absolute Gasteiger partial charge is 0.295 e. The second kappa shape index (κ2) is 10.6. The fraction of sp³-hybridized carbons (Fsp3) is 0.267. The van der Waals surface area contributed by atoms with E-state index >= 15 is 0 Å². The largest absolute Gasteiger partial charge is 0.507 e. The molecule has 0 aliphatic carbocycles. The summed E-state index contributed by atoms with van der Waals surface area (Å²) in [6.07, 6.45) is 0.528. The second-order valence-corrected chi connectivity index (χ2v) is 10.9. The molecule has 1 saturated heterocycles. The van der Waals surface area contributed by atoms with Crippen LogP contribution in [0.4, 0.5) is 0 Å². The molecule has 1 fully saturated rings. The van der Waals surface area contributed by atoms with Crippen molar-refractivity contribution in [1.29, 1.82) is 0 Å². The van der Waals surface area contributed by atoms with Crippen molar-refractivity contribution in [2.75, 3.05) is 13.7 Å². The van der Waals surface area contributed by atoms with E-state index in [9.17, 15) is 14.7 Å². The number of methoxy groups -OCH3 is 1. The number of hydrogen-bond acceptors (Lipinski definition) is 4. The summed E-state index contributed by atoms with van der Waals surface area (Å²) in [6.45, 7) is 6.65. The highest BCUT2D eigenvalue weighted by Crippen LogP contribution is 2.40. The zero-order chi connectivity index (χ0) is 26.9. The van der Waals surface area contributed by atoms with Gasteiger partial charge in [-0.25, -0.2) is 0 Å². The van der Waals surface area contributed by atoms with Gasteiger partial charge < -0.3 is 14.7 Å². The van der Waals surface area contributed by atoms with Crippen LogP contribution in [-0.4, -0.2) is 35.4 Å². The first-order valence-corrected chi connectivity index (χ1v) is 12.7. The van der Waals surface area contributed by atoms with Gasteiger partial charge in [-0.05, 0) is 58.9 Å². The Bertz CT molecular complexity index is 1360. The predicted octanol–water partition coefficient (Wildman–Crippen LogP) is 6.96. The Kier molecular flexibility index (Phi) is 7.67. The van der Waals surface area contributed by atoms with Crippen molar-refractivity contribution < 1.29 is 19.4 Å². The highest BCUT2D eigenvalue weighted by molar-refractivity contribution is 6.46. The standard InChI is InChI=1S/C30H29Cl2NO4/c1-30(2,3)21-10-7-19(8-11-21)26-25(27(34)20-9-14-23(31)24(32)17-20)28(35)29(36)33(26)16-15-18-5-12-22(37-4)13-6-18/h5-14,17,26,34H,15-16H2,1-4H3/b27-25-. The third-order valence-electron chi connectivity index (χ3n) is 6.63. The first-order valence-electron chi connectivity index (χ1n) is 12.0. The molecule has 5 nitrogen and oxygen atoms in total. The molecule has 0 aromatic heterocycles. The topological polar surface area (TPSA) is 66.8 Å².